The standard InChI is InChI=1S/C14H17NO3/c1-2-6-13(16)15-12(9-10-14(17)18)11-7-4-3-5-8-11/h2-5,7-8,12H,1,6,9-10H2,(H,15,16)(H,17,18). The summed E-state index contributed by atoms with van der Waals surface area (Å²) >= 11 is 0. The largest absolute Gasteiger partial charge is 0.481 e. The first kappa shape index (κ1) is 14.0. The van der Waals surface area contributed by atoms with Crippen molar-refractivity contribution in [3.05, 3.63) is 48.6 Å². The Kier molecular flexibility index (Phi) is 5.64. The summed E-state index contributed by atoms with van der Waals surface area (Å²) in [5.41, 5.74) is 0.913. The molecular formula is C14H17NO3. The van der Waals surface area contributed by atoms with Crippen LogP contribution in [0.25, 0.3) is 0 Å². The van der Waals surface area contributed by atoms with Gasteiger partial charge in [-0.3, -0.25) is 9.59 Å². The minimum Gasteiger partial charge on any atom is -0.481 e. The Morgan fingerprint density at radius 3 is 2.56 bits per heavy atom. The maximum Gasteiger partial charge on any atom is 0.303 e. The van der Waals surface area contributed by atoms with E-state index in [1.807, 2.05) is 30.3 Å². The Bertz CT molecular complexity index is 414. The maximum atomic E-state index is 11.5. The molecule has 0 saturated heterocycles. The molecule has 96 valence electrons. The SMILES string of the molecule is C=CCC(=O)NC(CCC(=O)O)c1ccccc1. The summed E-state index contributed by atoms with van der Waals surface area (Å²) in [7, 11) is 0. The molecule has 1 rings (SSSR count). The number of nitrogens with one attached hydrogen (secondary N) is 1. The first-order valence-corrected chi connectivity index (χ1v) is 5.80. The predicted octanol–water partition coefficient (Wildman–Crippen LogP) is 2.28. The number of carbonyl (C=O) groups is 2. The van der Waals surface area contributed by atoms with Gasteiger partial charge in [-0.25, -0.2) is 0 Å². The molecule has 0 radical (unpaired) electrons. The smallest absolute Gasteiger partial charge is 0.303 e. The predicted molar refractivity (Wildman–Crippen MR) is 69.0 cm³/mol. The number of amides is 1. The highest BCUT2D eigenvalue weighted by molar-refractivity contribution is 5.78. The molecule has 0 aliphatic heterocycles. The van der Waals surface area contributed by atoms with E-state index in [1.165, 1.54) is 6.08 Å². The van der Waals surface area contributed by atoms with Crippen LogP contribution in [0.2, 0.25) is 0 Å². The van der Waals surface area contributed by atoms with Crippen LogP contribution in [0.5, 0.6) is 0 Å². The lowest BCUT2D eigenvalue weighted by atomic mass is 10.0. The van der Waals surface area contributed by atoms with Crippen molar-refractivity contribution in [1.82, 2.24) is 5.32 Å². The molecule has 0 heterocycles. The number of aliphatic carboxylic acids is 1. The van der Waals surface area contributed by atoms with Gasteiger partial charge in [0.1, 0.15) is 0 Å². The molecule has 0 aliphatic rings. The van der Waals surface area contributed by atoms with Gasteiger partial charge in [0.15, 0.2) is 0 Å². The van der Waals surface area contributed by atoms with Gasteiger partial charge in [-0.05, 0) is 12.0 Å². The number of carboxylic acids is 1. The average molecular weight is 247 g/mol. The summed E-state index contributed by atoms with van der Waals surface area (Å²) in [4.78, 5) is 22.2. The van der Waals surface area contributed by atoms with Crippen molar-refractivity contribution >= 4 is 11.9 Å². The van der Waals surface area contributed by atoms with Crippen LogP contribution in [0, 0.1) is 0 Å². The molecule has 18 heavy (non-hydrogen) atoms. The Balaban J connectivity index is 2.71. The number of carbonyl (C=O) groups excluding carboxylic acids is 1. The summed E-state index contributed by atoms with van der Waals surface area (Å²) in [5, 5.41) is 11.5. The highest BCUT2D eigenvalue weighted by Gasteiger charge is 2.14. The highest BCUT2D eigenvalue weighted by Crippen LogP contribution is 2.18. The molecule has 4 heteroatoms. The van der Waals surface area contributed by atoms with Gasteiger partial charge in [0.2, 0.25) is 5.91 Å². The molecule has 1 aromatic carbocycles. The van der Waals surface area contributed by atoms with E-state index in [2.05, 4.69) is 11.9 Å². The second-order valence-electron chi connectivity index (χ2n) is 3.96. The number of carboxylic acid groups (broad SMARTS) is 1. The van der Waals surface area contributed by atoms with E-state index < -0.39 is 5.97 Å². The van der Waals surface area contributed by atoms with E-state index in [9.17, 15) is 9.59 Å². The van der Waals surface area contributed by atoms with Crippen molar-refractivity contribution in [2.24, 2.45) is 0 Å². The Hall–Kier alpha value is -2.10. The Labute approximate surface area is 106 Å². The van der Waals surface area contributed by atoms with E-state index in [1.54, 1.807) is 0 Å². The van der Waals surface area contributed by atoms with Crippen LogP contribution in [0.3, 0.4) is 0 Å². The number of hydrogen-bond acceptors (Lipinski definition) is 2. The highest BCUT2D eigenvalue weighted by atomic mass is 16.4. The first-order valence-electron chi connectivity index (χ1n) is 5.80. The lowest BCUT2D eigenvalue weighted by molar-refractivity contribution is -0.137. The minimum atomic E-state index is -0.867. The molecule has 2 N–H and O–H groups in total. The van der Waals surface area contributed by atoms with Gasteiger partial charge >= 0.3 is 5.97 Å². The lowest BCUT2D eigenvalue weighted by Crippen LogP contribution is -2.28. The molecule has 0 bridgehead atoms. The normalized spacial score (nSPS) is 11.6. The summed E-state index contributed by atoms with van der Waals surface area (Å²) in [6.07, 6.45) is 2.15. The number of hydrogen-bond donors (Lipinski definition) is 2. The van der Waals surface area contributed by atoms with Crippen molar-refractivity contribution in [2.45, 2.75) is 25.3 Å². The fourth-order valence-corrected chi connectivity index (χ4v) is 1.66. The van der Waals surface area contributed by atoms with E-state index in [0.29, 0.717) is 6.42 Å². The first-order chi connectivity index (χ1) is 8.63. The van der Waals surface area contributed by atoms with Crippen molar-refractivity contribution in [1.29, 1.82) is 0 Å². The van der Waals surface area contributed by atoms with Gasteiger partial charge in [-0.2, -0.15) is 0 Å². The quantitative estimate of drug-likeness (QED) is 0.726. The van der Waals surface area contributed by atoms with Gasteiger partial charge in [0.05, 0.1) is 6.04 Å². The van der Waals surface area contributed by atoms with Crippen molar-refractivity contribution in [3.63, 3.8) is 0 Å². The van der Waals surface area contributed by atoms with E-state index in [4.69, 9.17) is 5.11 Å². The fraction of sp³-hybridized carbons (Fsp3) is 0.286. The van der Waals surface area contributed by atoms with E-state index >= 15 is 0 Å². The molecule has 1 unspecified atom stereocenters. The third-order valence-electron chi connectivity index (χ3n) is 2.51. The van der Waals surface area contributed by atoms with Gasteiger partial charge in [-0.1, -0.05) is 36.4 Å². The Morgan fingerprint density at radius 2 is 2.00 bits per heavy atom. The van der Waals surface area contributed by atoms with Crippen molar-refractivity contribution in [2.75, 3.05) is 0 Å². The molecule has 1 aromatic rings. The van der Waals surface area contributed by atoms with Crippen LogP contribution >= 0.6 is 0 Å². The molecule has 0 fully saturated rings. The van der Waals surface area contributed by atoms with Gasteiger partial charge in [-0.15, -0.1) is 6.58 Å². The van der Waals surface area contributed by atoms with E-state index in [0.717, 1.165) is 5.56 Å². The zero-order chi connectivity index (χ0) is 13.4. The van der Waals surface area contributed by atoms with Crippen LogP contribution in [0.4, 0.5) is 0 Å². The van der Waals surface area contributed by atoms with Crippen molar-refractivity contribution < 1.29 is 14.7 Å². The molecule has 1 atom stereocenters. The zero-order valence-electron chi connectivity index (χ0n) is 10.1. The molecule has 1 amide bonds. The molecule has 0 aliphatic carbocycles. The molecule has 0 spiro atoms. The monoisotopic (exact) mass is 247 g/mol. The Morgan fingerprint density at radius 1 is 1.33 bits per heavy atom. The number of benzene rings is 1. The van der Waals surface area contributed by atoms with Crippen LogP contribution < -0.4 is 5.32 Å². The van der Waals surface area contributed by atoms with Crippen LogP contribution in [0.15, 0.2) is 43.0 Å². The van der Waals surface area contributed by atoms with Crippen molar-refractivity contribution in [3.8, 4) is 0 Å². The molecule has 4 nitrogen and oxygen atoms in total. The third-order valence-corrected chi connectivity index (χ3v) is 2.51. The summed E-state index contributed by atoms with van der Waals surface area (Å²) in [5.74, 6) is -1.02. The minimum absolute atomic E-state index is 0.0218. The fourth-order valence-electron chi connectivity index (χ4n) is 1.66. The maximum absolute atomic E-state index is 11.5. The second kappa shape index (κ2) is 7.27. The summed E-state index contributed by atoms with van der Waals surface area (Å²) < 4.78 is 0. The molecule has 0 saturated carbocycles. The van der Waals surface area contributed by atoms with Crippen LogP contribution in [0.1, 0.15) is 30.9 Å². The average Bonchev–Trinajstić information content (AvgIpc) is 2.35. The van der Waals surface area contributed by atoms with E-state index in [-0.39, 0.29) is 24.8 Å². The number of rotatable bonds is 7. The molecule has 0 aromatic heterocycles. The second-order valence-corrected chi connectivity index (χ2v) is 3.96. The van der Waals surface area contributed by atoms with Gasteiger partial charge in [0.25, 0.3) is 0 Å². The summed E-state index contributed by atoms with van der Waals surface area (Å²) in [6.45, 7) is 3.50. The molecular weight excluding hydrogens is 230 g/mol. The third kappa shape index (κ3) is 4.82. The van der Waals surface area contributed by atoms with Gasteiger partial charge < -0.3 is 10.4 Å². The topological polar surface area (TPSA) is 66.4 Å². The van der Waals surface area contributed by atoms with Gasteiger partial charge in [0, 0.05) is 12.8 Å². The van der Waals surface area contributed by atoms with Crippen LogP contribution in [-0.4, -0.2) is 17.0 Å². The van der Waals surface area contributed by atoms with Crippen LogP contribution in [-0.2, 0) is 9.59 Å². The zero-order valence-corrected chi connectivity index (χ0v) is 10.1. The lowest BCUT2D eigenvalue weighted by Gasteiger charge is -2.18. The summed E-state index contributed by atoms with van der Waals surface area (Å²) in [6, 6.07) is 9.09.